The summed E-state index contributed by atoms with van der Waals surface area (Å²) in [6.45, 7) is 3.45. The van der Waals surface area contributed by atoms with Crippen molar-refractivity contribution in [3.8, 4) is 0 Å². The maximum Gasteiger partial charge on any atom is 0.418 e. The molecule has 10 heteroatoms. The van der Waals surface area contributed by atoms with Crippen molar-refractivity contribution in [1.82, 2.24) is 5.32 Å². The lowest BCUT2D eigenvalue weighted by atomic mass is 9.97. The van der Waals surface area contributed by atoms with Gasteiger partial charge in [-0.15, -0.1) is 11.3 Å². The van der Waals surface area contributed by atoms with Gasteiger partial charge < -0.3 is 10.6 Å². The summed E-state index contributed by atoms with van der Waals surface area (Å²) in [5.74, 6) is -0.994. The fraction of sp³-hybridized carbons (Fsp3) is 0.167. The second-order valence-corrected chi connectivity index (χ2v) is 9.00. The third-order valence-electron chi connectivity index (χ3n) is 5.45. The molecule has 3 aromatic rings. The summed E-state index contributed by atoms with van der Waals surface area (Å²) in [6, 6.07) is 11.5. The Morgan fingerprint density at radius 3 is 2.38 bits per heavy atom. The van der Waals surface area contributed by atoms with Gasteiger partial charge in [0.05, 0.1) is 22.9 Å². The number of allylic oxidation sites excluding steroid dienone is 1. The number of nitrogens with zero attached hydrogens (tertiary/aromatic N) is 1. The minimum atomic E-state index is -4.62. The van der Waals surface area contributed by atoms with Gasteiger partial charge in [0.25, 0.3) is 5.91 Å². The van der Waals surface area contributed by atoms with Crippen molar-refractivity contribution in [3.63, 3.8) is 0 Å². The first-order valence-corrected chi connectivity index (χ1v) is 11.4. The van der Waals surface area contributed by atoms with Crippen LogP contribution >= 0.6 is 23.6 Å². The van der Waals surface area contributed by atoms with Gasteiger partial charge in [0, 0.05) is 16.3 Å². The molecular weight excluding hydrogens is 486 g/mol. The number of rotatable bonds is 4. The Morgan fingerprint density at radius 1 is 1.09 bits per heavy atom. The van der Waals surface area contributed by atoms with Crippen LogP contribution in [0.1, 0.15) is 29.0 Å². The second kappa shape index (κ2) is 9.19. The van der Waals surface area contributed by atoms with E-state index in [2.05, 4.69) is 10.6 Å². The number of amides is 1. The normalized spacial score (nSPS) is 16.5. The van der Waals surface area contributed by atoms with Crippen molar-refractivity contribution in [2.75, 3.05) is 10.2 Å². The molecule has 0 fully saturated rings. The Labute approximate surface area is 202 Å². The van der Waals surface area contributed by atoms with Crippen molar-refractivity contribution >= 4 is 45.9 Å². The number of halogens is 4. The monoisotopic (exact) mass is 505 g/mol. The van der Waals surface area contributed by atoms with Crippen molar-refractivity contribution in [2.45, 2.75) is 26.1 Å². The van der Waals surface area contributed by atoms with Gasteiger partial charge in [0.1, 0.15) is 5.82 Å². The molecule has 1 aliphatic heterocycles. The van der Waals surface area contributed by atoms with E-state index in [4.69, 9.17) is 12.2 Å². The third kappa shape index (κ3) is 4.55. The molecule has 0 aliphatic carbocycles. The van der Waals surface area contributed by atoms with Crippen molar-refractivity contribution in [3.05, 3.63) is 93.1 Å². The molecule has 1 unspecified atom stereocenters. The molecule has 34 heavy (non-hydrogen) atoms. The Morgan fingerprint density at radius 2 is 1.76 bits per heavy atom. The highest BCUT2D eigenvalue weighted by molar-refractivity contribution is 7.80. The van der Waals surface area contributed by atoms with E-state index < -0.39 is 29.5 Å². The van der Waals surface area contributed by atoms with Crippen LogP contribution in [0.25, 0.3) is 0 Å². The fourth-order valence-electron chi connectivity index (χ4n) is 3.84. The molecule has 0 spiro atoms. The lowest BCUT2D eigenvalue weighted by Gasteiger charge is -2.38. The van der Waals surface area contributed by atoms with Crippen LogP contribution in [0.2, 0.25) is 0 Å². The molecule has 0 radical (unpaired) electrons. The highest BCUT2D eigenvalue weighted by Gasteiger charge is 2.40. The number of para-hydroxylation sites is 1. The fourth-order valence-corrected chi connectivity index (χ4v) is 5.18. The molecule has 1 amide bonds. The number of hydrogen-bond acceptors (Lipinski definition) is 3. The van der Waals surface area contributed by atoms with Gasteiger partial charge >= 0.3 is 6.18 Å². The number of anilines is 2. The zero-order chi connectivity index (χ0) is 24.6. The Hall–Kier alpha value is -3.24. The largest absolute Gasteiger partial charge is 0.418 e. The van der Waals surface area contributed by atoms with E-state index in [0.717, 1.165) is 16.5 Å². The van der Waals surface area contributed by atoms with E-state index in [0.29, 0.717) is 5.69 Å². The lowest BCUT2D eigenvalue weighted by molar-refractivity contribution is -0.137. The zero-order valence-corrected chi connectivity index (χ0v) is 19.7. The summed E-state index contributed by atoms with van der Waals surface area (Å²) in [5.41, 5.74) is 0.678. The van der Waals surface area contributed by atoms with Gasteiger partial charge in [-0.2, -0.15) is 13.2 Å². The molecule has 176 valence electrons. The summed E-state index contributed by atoms with van der Waals surface area (Å²) in [7, 11) is 0. The Balaban J connectivity index is 1.86. The zero-order valence-electron chi connectivity index (χ0n) is 18.0. The van der Waals surface area contributed by atoms with Gasteiger partial charge in [0.15, 0.2) is 5.11 Å². The molecule has 1 atom stereocenters. The maximum atomic E-state index is 13.8. The molecule has 0 saturated carbocycles. The number of carbonyl (C=O) groups is 1. The Bertz CT molecular complexity index is 1280. The number of alkyl halides is 3. The predicted octanol–water partition coefficient (Wildman–Crippen LogP) is 6.56. The average molecular weight is 506 g/mol. The minimum Gasteiger partial charge on any atom is -0.350 e. The second-order valence-electron chi connectivity index (χ2n) is 7.66. The predicted molar refractivity (Wildman–Crippen MR) is 129 cm³/mol. The number of thiocarbonyl (C=S) groups is 1. The van der Waals surface area contributed by atoms with Crippen LogP contribution in [0.5, 0.6) is 0 Å². The van der Waals surface area contributed by atoms with E-state index >= 15 is 0 Å². The average Bonchev–Trinajstić information content (AvgIpc) is 3.20. The Kier molecular flexibility index (Phi) is 6.46. The number of carbonyl (C=O) groups excluding carboxylic acids is 1. The molecule has 0 bridgehead atoms. The standard InChI is InChI=1S/C24H19F4N3OS2/c1-13-11-12-34-21(13)20-19(22(32)29-16-9-7-15(25)8-10-16)14(2)31(23(33)30-20)18-6-4-3-5-17(18)24(26,27)28/h3-12,20H,1-2H3,(H,29,32)(H,30,33). The van der Waals surface area contributed by atoms with Gasteiger partial charge in [0.2, 0.25) is 0 Å². The van der Waals surface area contributed by atoms with E-state index in [1.165, 1.54) is 58.7 Å². The van der Waals surface area contributed by atoms with E-state index in [1.54, 1.807) is 6.92 Å². The van der Waals surface area contributed by atoms with Gasteiger partial charge in [-0.1, -0.05) is 12.1 Å². The summed E-state index contributed by atoms with van der Waals surface area (Å²) in [5, 5.41) is 7.70. The van der Waals surface area contributed by atoms with Gasteiger partial charge in [-0.25, -0.2) is 4.39 Å². The molecule has 4 rings (SSSR count). The topological polar surface area (TPSA) is 44.4 Å². The molecule has 2 heterocycles. The SMILES string of the molecule is CC1=C(C(=O)Nc2ccc(F)cc2)C(c2sccc2C)NC(=S)N1c1ccccc1C(F)(F)F. The molecule has 2 N–H and O–H groups in total. The number of benzene rings is 2. The van der Waals surface area contributed by atoms with Crippen LogP contribution in [0.3, 0.4) is 0 Å². The van der Waals surface area contributed by atoms with Crippen LogP contribution in [0.4, 0.5) is 28.9 Å². The van der Waals surface area contributed by atoms with Crippen LogP contribution in [-0.4, -0.2) is 11.0 Å². The smallest absolute Gasteiger partial charge is 0.350 e. The number of nitrogens with one attached hydrogen (secondary N) is 2. The van der Waals surface area contributed by atoms with Gasteiger partial charge in [-0.3, -0.25) is 9.69 Å². The molecular formula is C24H19F4N3OS2. The number of hydrogen-bond donors (Lipinski definition) is 2. The maximum absolute atomic E-state index is 13.8. The molecule has 0 saturated heterocycles. The highest BCUT2D eigenvalue weighted by atomic mass is 32.1. The highest BCUT2D eigenvalue weighted by Crippen LogP contribution is 2.42. The number of thiophene rings is 1. The lowest BCUT2D eigenvalue weighted by Crippen LogP contribution is -2.49. The van der Waals surface area contributed by atoms with Crippen molar-refractivity contribution < 1.29 is 22.4 Å². The number of aryl methyl sites for hydroxylation is 1. The quantitative estimate of drug-likeness (QED) is 0.311. The van der Waals surface area contributed by atoms with Crippen LogP contribution in [-0.2, 0) is 11.0 Å². The third-order valence-corrected chi connectivity index (χ3v) is 6.83. The minimum absolute atomic E-state index is 0.0466. The van der Waals surface area contributed by atoms with Gasteiger partial charge in [-0.05, 0) is 79.5 Å². The van der Waals surface area contributed by atoms with Crippen molar-refractivity contribution in [1.29, 1.82) is 0 Å². The van der Waals surface area contributed by atoms with E-state index in [-0.39, 0.29) is 22.1 Å². The molecule has 1 aliphatic rings. The first-order valence-electron chi connectivity index (χ1n) is 10.2. The summed E-state index contributed by atoms with van der Waals surface area (Å²) in [6.07, 6.45) is -4.62. The first kappa shape index (κ1) is 23.9. The molecule has 1 aromatic heterocycles. The summed E-state index contributed by atoms with van der Waals surface area (Å²) in [4.78, 5) is 15.5. The van der Waals surface area contributed by atoms with Crippen LogP contribution < -0.4 is 15.5 Å². The van der Waals surface area contributed by atoms with Crippen LogP contribution in [0, 0.1) is 12.7 Å². The van der Waals surface area contributed by atoms with Crippen molar-refractivity contribution in [2.24, 2.45) is 0 Å². The summed E-state index contributed by atoms with van der Waals surface area (Å²) >= 11 is 6.90. The summed E-state index contributed by atoms with van der Waals surface area (Å²) < 4.78 is 54.6. The molecule has 2 aromatic carbocycles. The first-order chi connectivity index (χ1) is 16.1. The van der Waals surface area contributed by atoms with E-state index in [1.807, 2.05) is 18.4 Å². The molecule has 4 nitrogen and oxygen atoms in total. The van der Waals surface area contributed by atoms with E-state index in [9.17, 15) is 22.4 Å². The van der Waals surface area contributed by atoms with Crippen LogP contribution in [0.15, 0.2) is 71.2 Å².